The molecule has 1 rings (SSSR count). The lowest BCUT2D eigenvalue weighted by Gasteiger charge is -2.20. The molecular formula is C3H5FO2. The quantitative estimate of drug-likeness (QED) is 0.462. The van der Waals surface area contributed by atoms with Crippen molar-refractivity contribution in [2.24, 2.45) is 0 Å². The first-order valence-electron chi connectivity index (χ1n) is 1.78. The number of halogens is 1. The summed E-state index contributed by atoms with van der Waals surface area (Å²) in [7, 11) is 0. The van der Waals surface area contributed by atoms with Gasteiger partial charge < -0.3 is 4.74 Å². The van der Waals surface area contributed by atoms with Crippen molar-refractivity contribution in [3.05, 3.63) is 0 Å². The maximum Gasteiger partial charge on any atom is 0.145 e. The highest BCUT2D eigenvalue weighted by Gasteiger charge is 2.18. The predicted molar refractivity (Wildman–Crippen MR) is 16.8 cm³/mol. The van der Waals surface area contributed by atoms with Crippen molar-refractivity contribution < 1.29 is 14.2 Å². The molecule has 3 heteroatoms. The van der Waals surface area contributed by atoms with Gasteiger partial charge in [0.05, 0.1) is 13.2 Å². The Hall–Kier alpha value is -0.150. The Morgan fingerprint density at radius 3 is 2.33 bits per heavy atom. The van der Waals surface area contributed by atoms with Gasteiger partial charge >= 0.3 is 0 Å². The fourth-order valence-electron chi connectivity index (χ4n) is 0.266. The molecule has 36 valence electrons. The van der Waals surface area contributed by atoms with E-state index in [1.807, 2.05) is 0 Å². The minimum Gasteiger partial charge on any atom is -0.376 e. The molecule has 2 nitrogen and oxygen atoms in total. The summed E-state index contributed by atoms with van der Waals surface area (Å²) in [6, 6.07) is 0. The monoisotopic (exact) mass is 92.0 g/mol. The van der Waals surface area contributed by atoms with E-state index in [4.69, 9.17) is 0 Å². The summed E-state index contributed by atoms with van der Waals surface area (Å²) >= 11 is 0. The second-order valence-corrected chi connectivity index (χ2v) is 1.25. The molecule has 0 radical (unpaired) electrons. The standard InChI is InChI=1S/C3H5FO2/c4-6-3-1-5-2-3/h3H,1-2H2. The van der Waals surface area contributed by atoms with Gasteiger partial charge in [0.2, 0.25) is 0 Å². The Morgan fingerprint density at radius 1 is 1.67 bits per heavy atom. The largest absolute Gasteiger partial charge is 0.376 e. The smallest absolute Gasteiger partial charge is 0.145 e. The molecule has 1 heterocycles. The molecule has 6 heavy (non-hydrogen) atoms. The Balaban J connectivity index is 2.01. The van der Waals surface area contributed by atoms with Crippen LogP contribution in [0.4, 0.5) is 4.53 Å². The van der Waals surface area contributed by atoms with Crippen molar-refractivity contribution in [2.45, 2.75) is 6.10 Å². The molecule has 1 saturated heterocycles. The van der Waals surface area contributed by atoms with E-state index in [-0.39, 0.29) is 6.10 Å². The average molecular weight is 92.1 g/mol. The van der Waals surface area contributed by atoms with E-state index in [9.17, 15) is 4.53 Å². The van der Waals surface area contributed by atoms with Crippen molar-refractivity contribution in [1.82, 2.24) is 0 Å². The fraction of sp³-hybridized carbons (Fsp3) is 1.00. The molecule has 0 atom stereocenters. The summed E-state index contributed by atoms with van der Waals surface area (Å²) in [5, 5.41) is 0. The second kappa shape index (κ2) is 1.53. The van der Waals surface area contributed by atoms with Crippen LogP contribution in [0, 0.1) is 0 Å². The molecular weight excluding hydrogens is 87.0 g/mol. The van der Waals surface area contributed by atoms with Crippen molar-refractivity contribution in [3.8, 4) is 0 Å². The highest BCUT2D eigenvalue weighted by molar-refractivity contribution is 4.60. The lowest BCUT2D eigenvalue weighted by molar-refractivity contribution is -0.252. The van der Waals surface area contributed by atoms with E-state index in [0.717, 1.165) is 0 Å². The van der Waals surface area contributed by atoms with Crippen LogP contribution in [-0.4, -0.2) is 19.3 Å². The first-order valence-corrected chi connectivity index (χ1v) is 1.78. The molecule has 1 aliphatic heterocycles. The molecule has 0 amide bonds. The van der Waals surface area contributed by atoms with Crippen LogP contribution in [0.1, 0.15) is 0 Å². The number of hydrogen-bond donors (Lipinski definition) is 0. The first-order chi connectivity index (χ1) is 2.93. The van der Waals surface area contributed by atoms with Crippen LogP contribution in [0.15, 0.2) is 0 Å². The molecule has 0 unspecified atom stereocenters. The number of ether oxygens (including phenoxy) is 1. The van der Waals surface area contributed by atoms with E-state index in [1.165, 1.54) is 0 Å². The minimum absolute atomic E-state index is 0.273. The molecule has 0 aromatic rings. The van der Waals surface area contributed by atoms with Gasteiger partial charge in [0.15, 0.2) is 0 Å². The minimum atomic E-state index is -0.273. The van der Waals surface area contributed by atoms with Crippen molar-refractivity contribution in [2.75, 3.05) is 13.2 Å². The van der Waals surface area contributed by atoms with Crippen LogP contribution in [-0.2, 0) is 9.68 Å². The van der Waals surface area contributed by atoms with Crippen LogP contribution in [0.5, 0.6) is 0 Å². The van der Waals surface area contributed by atoms with Crippen LogP contribution < -0.4 is 0 Å². The summed E-state index contributed by atoms with van der Waals surface area (Å²) in [6.45, 7) is 0.826. The molecule has 0 bridgehead atoms. The van der Waals surface area contributed by atoms with Gasteiger partial charge in [-0.1, -0.05) is 0 Å². The van der Waals surface area contributed by atoms with Gasteiger partial charge in [0.25, 0.3) is 0 Å². The SMILES string of the molecule is FOC1COC1. The van der Waals surface area contributed by atoms with Crippen molar-refractivity contribution in [3.63, 3.8) is 0 Å². The van der Waals surface area contributed by atoms with Crippen LogP contribution >= 0.6 is 0 Å². The topological polar surface area (TPSA) is 18.5 Å². The molecule has 0 aliphatic carbocycles. The van der Waals surface area contributed by atoms with Crippen LogP contribution in [0.3, 0.4) is 0 Å². The van der Waals surface area contributed by atoms with Gasteiger partial charge in [0, 0.05) is 0 Å². The third-order valence-corrected chi connectivity index (χ3v) is 0.733. The van der Waals surface area contributed by atoms with Gasteiger partial charge in [0.1, 0.15) is 6.10 Å². The molecule has 0 spiro atoms. The number of hydrogen-bond acceptors (Lipinski definition) is 2. The Bertz CT molecular complexity index is 41.3. The predicted octanol–water partition coefficient (Wildman–Crippen LogP) is 0.286. The van der Waals surface area contributed by atoms with Crippen LogP contribution in [0.2, 0.25) is 0 Å². The zero-order chi connectivity index (χ0) is 4.41. The first kappa shape index (κ1) is 4.02. The lowest BCUT2D eigenvalue weighted by Crippen LogP contribution is -2.33. The molecule has 0 N–H and O–H groups in total. The molecule has 0 saturated carbocycles. The van der Waals surface area contributed by atoms with Crippen molar-refractivity contribution in [1.29, 1.82) is 0 Å². The van der Waals surface area contributed by atoms with E-state index < -0.39 is 0 Å². The highest BCUT2D eigenvalue weighted by atomic mass is 19.3. The summed E-state index contributed by atoms with van der Waals surface area (Å²) in [5.41, 5.74) is 0. The summed E-state index contributed by atoms with van der Waals surface area (Å²) in [5.74, 6) is 0. The molecule has 0 aromatic heterocycles. The molecule has 1 fully saturated rings. The number of rotatable bonds is 1. The average Bonchev–Trinajstić information content (AvgIpc) is 1.31. The van der Waals surface area contributed by atoms with Crippen LogP contribution in [0.25, 0.3) is 0 Å². The third-order valence-electron chi connectivity index (χ3n) is 0.733. The zero-order valence-electron chi connectivity index (χ0n) is 3.19. The van der Waals surface area contributed by atoms with Gasteiger partial charge in [-0.05, 0) is 4.53 Å². The van der Waals surface area contributed by atoms with Gasteiger partial charge in [-0.15, -0.1) is 0 Å². The van der Waals surface area contributed by atoms with E-state index in [1.54, 1.807) is 0 Å². The zero-order valence-corrected chi connectivity index (χ0v) is 3.19. The summed E-state index contributed by atoms with van der Waals surface area (Å²) in [6.07, 6.45) is -0.273. The van der Waals surface area contributed by atoms with E-state index in [2.05, 4.69) is 9.68 Å². The Labute approximate surface area is 34.8 Å². The summed E-state index contributed by atoms with van der Waals surface area (Å²) in [4.78, 5) is 3.36. The van der Waals surface area contributed by atoms with Gasteiger partial charge in [-0.25, -0.2) is 0 Å². The van der Waals surface area contributed by atoms with Gasteiger partial charge in [-0.3, -0.25) is 0 Å². The normalized spacial score (nSPS) is 23.5. The van der Waals surface area contributed by atoms with E-state index in [0.29, 0.717) is 13.2 Å². The molecule has 0 aromatic carbocycles. The van der Waals surface area contributed by atoms with E-state index >= 15 is 0 Å². The Morgan fingerprint density at radius 2 is 2.33 bits per heavy atom. The maximum absolute atomic E-state index is 10.9. The molecule has 1 aliphatic rings. The highest BCUT2D eigenvalue weighted by Crippen LogP contribution is 2.03. The summed E-state index contributed by atoms with van der Waals surface area (Å²) < 4.78 is 15.4. The van der Waals surface area contributed by atoms with Crippen molar-refractivity contribution >= 4 is 0 Å². The maximum atomic E-state index is 10.9. The van der Waals surface area contributed by atoms with Gasteiger partial charge in [-0.2, -0.15) is 4.94 Å². The third kappa shape index (κ3) is 0.507. The second-order valence-electron chi connectivity index (χ2n) is 1.25. The lowest BCUT2D eigenvalue weighted by atomic mass is 10.3. The fourth-order valence-corrected chi connectivity index (χ4v) is 0.266. The Kier molecular flexibility index (Phi) is 1.03.